The van der Waals surface area contributed by atoms with Crippen LogP contribution in [0.4, 0.5) is 0 Å². The molecule has 0 saturated heterocycles. The average Bonchev–Trinajstić information content (AvgIpc) is 2.32. The molecular formula is C16H16BrNO. The van der Waals surface area contributed by atoms with E-state index in [1.165, 1.54) is 0 Å². The van der Waals surface area contributed by atoms with Crippen LogP contribution >= 0.6 is 15.9 Å². The standard InChI is InChI=1S/C16H16BrNO/c1-10-4-11(2)6-14(5-10)16(19)8-13-7-15(17)12(3)18-9-13/h4-7,9H,8H2,1-3H3. The van der Waals surface area contributed by atoms with E-state index in [9.17, 15) is 4.79 Å². The molecule has 3 heteroatoms. The van der Waals surface area contributed by atoms with Crippen LogP contribution in [-0.4, -0.2) is 10.8 Å². The maximum atomic E-state index is 12.3. The normalized spacial score (nSPS) is 10.5. The molecule has 2 nitrogen and oxygen atoms in total. The highest BCUT2D eigenvalue weighted by molar-refractivity contribution is 9.10. The molecule has 0 aliphatic carbocycles. The molecule has 1 aromatic carbocycles. The largest absolute Gasteiger partial charge is 0.294 e. The van der Waals surface area contributed by atoms with Crippen molar-refractivity contribution < 1.29 is 4.79 Å². The Morgan fingerprint density at radius 3 is 2.32 bits per heavy atom. The van der Waals surface area contributed by atoms with Gasteiger partial charge in [0.05, 0.1) is 5.69 Å². The van der Waals surface area contributed by atoms with Crippen LogP contribution in [0.25, 0.3) is 0 Å². The minimum absolute atomic E-state index is 0.129. The molecule has 0 aliphatic heterocycles. The van der Waals surface area contributed by atoms with E-state index in [0.29, 0.717) is 6.42 Å². The smallest absolute Gasteiger partial charge is 0.167 e. The molecule has 2 aromatic rings. The topological polar surface area (TPSA) is 30.0 Å². The maximum Gasteiger partial charge on any atom is 0.167 e. The molecule has 0 radical (unpaired) electrons. The van der Waals surface area contributed by atoms with Crippen LogP contribution in [0.5, 0.6) is 0 Å². The first-order valence-corrected chi connectivity index (χ1v) is 6.97. The van der Waals surface area contributed by atoms with Crippen LogP contribution < -0.4 is 0 Å². The first-order valence-electron chi connectivity index (χ1n) is 6.18. The third-order valence-corrected chi connectivity index (χ3v) is 3.79. The molecule has 0 amide bonds. The van der Waals surface area contributed by atoms with Crippen LogP contribution in [0.15, 0.2) is 34.9 Å². The summed E-state index contributed by atoms with van der Waals surface area (Å²) >= 11 is 3.44. The number of Topliss-reactive ketones (excluding diaryl/α,β-unsaturated/α-hetero) is 1. The van der Waals surface area contributed by atoms with Crippen molar-refractivity contribution in [1.29, 1.82) is 0 Å². The third-order valence-electron chi connectivity index (χ3n) is 2.99. The summed E-state index contributed by atoms with van der Waals surface area (Å²) in [4.78, 5) is 16.5. The molecule has 0 bridgehead atoms. The fraction of sp³-hybridized carbons (Fsp3) is 0.250. The lowest BCUT2D eigenvalue weighted by atomic mass is 10.0. The summed E-state index contributed by atoms with van der Waals surface area (Å²) in [5.74, 6) is 0.129. The number of halogens is 1. The lowest BCUT2D eigenvalue weighted by molar-refractivity contribution is 0.0992. The van der Waals surface area contributed by atoms with Crippen molar-refractivity contribution in [1.82, 2.24) is 4.98 Å². The Labute approximate surface area is 122 Å². The average molecular weight is 318 g/mol. The fourth-order valence-corrected chi connectivity index (χ4v) is 2.46. The van der Waals surface area contributed by atoms with Gasteiger partial charge in [0.2, 0.25) is 0 Å². The zero-order chi connectivity index (χ0) is 14.0. The molecule has 1 aromatic heterocycles. The maximum absolute atomic E-state index is 12.3. The summed E-state index contributed by atoms with van der Waals surface area (Å²) in [6.07, 6.45) is 2.15. The zero-order valence-electron chi connectivity index (χ0n) is 11.3. The van der Waals surface area contributed by atoms with Crippen LogP contribution in [0.1, 0.15) is 32.7 Å². The molecule has 0 unspecified atom stereocenters. The fourth-order valence-electron chi connectivity index (χ4n) is 2.07. The Bertz CT molecular complexity index is 614. The van der Waals surface area contributed by atoms with Gasteiger partial charge in [-0.2, -0.15) is 0 Å². The van der Waals surface area contributed by atoms with Gasteiger partial charge in [0, 0.05) is 22.7 Å². The van der Waals surface area contributed by atoms with Crippen molar-refractivity contribution >= 4 is 21.7 Å². The Morgan fingerprint density at radius 2 is 1.74 bits per heavy atom. The second-order valence-corrected chi connectivity index (χ2v) is 5.74. The minimum Gasteiger partial charge on any atom is -0.294 e. The zero-order valence-corrected chi connectivity index (χ0v) is 12.9. The van der Waals surface area contributed by atoms with E-state index in [1.54, 1.807) is 6.20 Å². The molecule has 0 fully saturated rings. The van der Waals surface area contributed by atoms with Crippen LogP contribution in [0.2, 0.25) is 0 Å². The Balaban J connectivity index is 2.22. The molecule has 0 spiro atoms. The second kappa shape index (κ2) is 5.66. The van der Waals surface area contributed by atoms with Gasteiger partial charge >= 0.3 is 0 Å². The van der Waals surface area contributed by atoms with E-state index in [0.717, 1.165) is 32.4 Å². The summed E-state index contributed by atoms with van der Waals surface area (Å²) in [6.45, 7) is 5.95. The van der Waals surface area contributed by atoms with E-state index in [4.69, 9.17) is 0 Å². The third kappa shape index (κ3) is 3.51. The number of benzene rings is 1. The summed E-state index contributed by atoms with van der Waals surface area (Å²) < 4.78 is 0.943. The number of carbonyl (C=O) groups excluding carboxylic acids is 1. The van der Waals surface area contributed by atoms with Crippen molar-refractivity contribution in [3.8, 4) is 0 Å². The van der Waals surface area contributed by atoms with Gasteiger partial charge in [-0.05, 0) is 60.5 Å². The molecule has 1 heterocycles. The first kappa shape index (κ1) is 13.9. The summed E-state index contributed by atoms with van der Waals surface area (Å²) in [7, 11) is 0. The molecular weight excluding hydrogens is 302 g/mol. The summed E-state index contributed by atoms with van der Waals surface area (Å²) in [6, 6.07) is 7.90. The van der Waals surface area contributed by atoms with Gasteiger partial charge in [-0.3, -0.25) is 9.78 Å². The molecule has 98 valence electrons. The van der Waals surface area contributed by atoms with E-state index >= 15 is 0 Å². The molecule has 2 rings (SSSR count). The SMILES string of the molecule is Cc1cc(C)cc(C(=O)Cc2cnc(C)c(Br)c2)c1. The van der Waals surface area contributed by atoms with Gasteiger partial charge in [-0.1, -0.05) is 17.2 Å². The van der Waals surface area contributed by atoms with Gasteiger partial charge in [0.15, 0.2) is 5.78 Å². The second-order valence-electron chi connectivity index (χ2n) is 4.89. The highest BCUT2D eigenvalue weighted by Crippen LogP contribution is 2.17. The Morgan fingerprint density at radius 1 is 1.11 bits per heavy atom. The number of aryl methyl sites for hydroxylation is 3. The first-order chi connectivity index (χ1) is 8.95. The van der Waals surface area contributed by atoms with E-state index in [-0.39, 0.29) is 5.78 Å². The number of rotatable bonds is 3. The van der Waals surface area contributed by atoms with Crippen LogP contribution in [0.3, 0.4) is 0 Å². The van der Waals surface area contributed by atoms with Gasteiger partial charge in [0.1, 0.15) is 0 Å². The summed E-state index contributed by atoms with van der Waals surface area (Å²) in [5, 5.41) is 0. The predicted molar refractivity (Wildman–Crippen MR) is 80.6 cm³/mol. The van der Waals surface area contributed by atoms with Crippen molar-refractivity contribution in [2.45, 2.75) is 27.2 Å². The number of hydrogen-bond donors (Lipinski definition) is 0. The Kier molecular flexibility index (Phi) is 4.15. The van der Waals surface area contributed by atoms with Crippen molar-refractivity contribution in [3.05, 3.63) is 62.9 Å². The van der Waals surface area contributed by atoms with Crippen LogP contribution in [-0.2, 0) is 6.42 Å². The number of hydrogen-bond acceptors (Lipinski definition) is 2. The highest BCUT2D eigenvalue weighted by atomic mass is 79.9. The molecule has 0 aliphatic rings. The van der Waals surface area contributed by atoms with E-state index in [2.05, 4.69) is 27.0 Å². The predicted octanol–water partition coefficient (Wildman–Crippen LogP) is 4.19. The monoisotopic (exact) mass is 317 g/mol. The van der Waals surface area contributed by atoms with Gasteiger partial charge < -0.3 is 0 Å². The van der Waals surface area contributed by atoms with E-state index < -0.39 is 0 Å². The van der Waals surface area contributed by atoms with E-state index in [1.807, 2.05) is 39.0 Å². The van der Waals surface area contributed by atoms with Crippen molar-refractivity contribution in [2.75, 3.05) is 0 Å². The molecule has 0 atom stereocenters. The molecule has 0 saturated carbocycles. The van der Waals surface area contributed by atoms with Crippen molar-refractivity contribution in [3.63, 3.8) is 0 Å². The van der Waals surface area contributed by atoms with Gasteiger partial charge in [-0.25, -0.2) is 0 Å². The molecule has 0 N–H and O–H groups in total. The van der Waals surface area contributed by atoms with Crippen molar-refractivity contribution in [2.24, 2.45) is 0 Å². The quantitative estimate of drug-likeness (QED) is 0.794. The van der Waals surface area contributed by atoms with Gasteiger partial charge in [0.25, 0.3) is 0 Å². The van der Waals surface area contributed by atoms with Gasteiger partial charge in [-0.15, -0.1) is 0 Å². The summed E-state index contributed by atoms with van der Waals surface area (Å²) in [5.41, 5.74) is 4.87. The number of carbonyl (C=O) groups is 1. The number of ketones is 1. The van der Waals surface area contributed by atoms with Crippen LogP contribution in [0, 0.1) is 20.8 Å². The lowest BCUT2D eigenvalue weighted by Gasteiger charge is -2.06. The number of pyridine rings is 1. The number of nitrogens with zero attached hydrogens (tertiary/aromatic N) is 1. The lowest BCUT2D eigenvalue weighted by Crippen LogP contribution is -2.05. The minimum atomic E-state index is 0.129. The molecule has 19 heavy (non-hydrogen) atoms. The number of aromatic nitrogens is 1. The Hall–Kier alpha value is -1.48. The highest BCUT2D eigenvalue weighted by Gasteiger charge is 2.09.